The molecule has 0 atom stereocenters. The standard InChI is InChI=1S/C15H11Cl2F3O/c1-2-3-7-4-8(18)5-9(15(7)21)12-13(16)10(19)6-11(20)14(12)17/h4-6,21H,2-3H2,1H3. The molecule has 2 rings (SSSR count). The van der Waals surface area contributed by atoms with Crippen LogP contribution in [0.4, 0.5) is 13.2 Å². The lowest BCUT2D eigenvalue weighted by Gasteiger charge is -2.14. The Balaban J connectivity index is 2.79. The molecule has 2 aromatic rings. The minimum Gasteiger partial charge on any atom is -0.507 e. The van der Waals surface area contributed by atoms with Crippen molar-refractivity contribution >= 4 is 23.2 Å². The molecule has 0 radical (unpaired) electrons. The Morgan fingerprint density at radius 2 is 1.57 bits per heavy atom. The van der Waals surface area contributed by atoms with Crippen LogP contribution in [0.5, 0.6) is 5.75 Å². The number of benzene rings is 2. The van der Waals surface area contributed by atoms with E-state index in [0.29, 0.717) is 24.5 Å². The molecule has 0 aliphatic rings. The van der Waals surface area contributed by atoms with Gasteiger partial charge in [-0.05, 0) is 24.1 Å². The van der Waals surface area contributed by atoms with Gasteiger partial charge in [-0.15, -0.1) is 0 Å². The van der Waals surface area contributed by atoms with E-state index in [1.54, 1.807) is 0 Å². The molecule has 6 heteroatoms. The molecule has 0 saturated carbocycles. The molecule has 1 nitrogen and oxygen atoms in total. The van der Waals surface area contributed by atoms with Crippen LogP contribution in [-0.2, 0) is 6.42 Å². The lowest BCUT2D eigenvalue weighted by molar-refractivity contribution is 0.467. The molecule has 0 heterocycles. The van der Waals surface area contributed by atoms with Gasteiger partial charge in [0.05, 0.1) is 10.0 Å². The van der Waals surface area contributed by atoms with Gasteiger partial charge in [-0.1, -0.05) is 36.5 Å². The zero-order valence-corrected chi connectivity index (χ0v) is 12.5. The van der Waals surface area contributed by atoms with E-state index >= 15 is 0 Å². The third kappa shape index (κ3) is 2.97. The first-order chi connectivity index (χ1) is 9.86. The van der Waals surface area contributed by atoms with Gasteiger partial charge in [-0.2, -0.15) is 0 Å². The van der Waals surface area contributed by atoms with Crippen molar-refractivity contribution in [1.82, 2.24) is 0 Å². The predicted octanol–water partition coefficient (Wildman–Crippen LogP) is 5.74. The summed E-state index contributed by atoms with van der Waals surface area (Å²) in [4.78, 5) is 0. The molecule has 0 amide bonds. The van der Waals surface area contributed by atoms with Gasteiger partial charge in [0.1, 0.15) is 23.2 Å². The monoisotopic (exact) mass is 334 g/mol. The molecule has 0 saturated heterocycles. The van der Waals surface area contributed by atoms with Crippen LogP contribution in [0.15, 0.2) is 18.2 Å². The average molecular weight is 335 g/mol. The van der Waals surface area contributed by atoms with E-state index in [2.05, 4.69) is 0 Å². The Labute approximate surface area is 129 Å². The predicted molar refractivity (Wildman–Crippen MR) is 77.4 cm³/mol. The summed E-state index contributed by atoms with van der Waals surface area (Å²) in [5.41, 5.74) is -0.0682. The summed E-state index contributed by atoms with van der Waals surface area (Å²) in [7, 11) is 0. The Morgan fingerprint density at radius 3 is 2.10 bits per heavy atom. The van der Waals surface area contributed by atoms with Gasteiger partial charge >= 0.3 is 0 Å². The zero-order valence-electron chi connectivity index (χ0n) is 11.0. The molecular formula is C15H11Cl2F3O. The van der Waals surface area contributed by atoms with Crippen LogP contribution < -0.4 is 0 Å². The van der Waals surface area contributed by atoms with Gasteiger partial charge in [0.2, 0.25) is 0 Å². The maximum Gasteiger partial charge on any atom is 0.145 e. The normalized spacial score (nSPS) is 11.0. The first-order valence-corrected chi connectivity index (χ1v) is 6.97. The summed E-state index contributed by atoms with van der Waals surface area (Å²) in [6.45, 7) is 1.85. The molecular weight excluding hydrogens is 324 g/mol. The summed E-state index contributed by atoms with van der Waals surface area (Å²) in [5.74, 6) is -3.00. The van der Waals surface area contributed by atoms with Crippen molar-refractivity contribution in [3.05, 3.63) is 51.3 Å². The maximum atomic E-state index is 13.7. The maximum absolute atomic E-state index is 13.7. The highest BCUT2D eigenvalue weighted by Crippen LogP contribution is 2.43. The van der Waals surface area contributed by atoms with Crippen molar-refractivity contribution in [2.75, 3.05) is 0 Å². The number of aryl methyl sites for hydroxylation is 1. The van der Waals surface area contributed by atoms with E-state index in [-0.39, 0.29) is 16.9 Å². The van der Waals surface area contributed by atoms with Crippen LogP contribution in [0, 0.1) is 17.5 Å². The highest BCUT2D eigenvalue weighted by molar-refractivity contribution is 6.39. The topological polar surface area (TPSA) is 20.2 Å². The van der Waals surface area contributed by atoms with E-state index in [9.17, 15) is 18.3 Å². The van der Waals surface area contributed by atoms with Crippen LogP contribution in [0.25, 0.3) is 11.1 Å². The second-order valence-electron chi connectivity index (χ2n) is 4.55. The fraction of sp³-hybridized carbons (Fsp3) is 0.200. The molecule has 1 N–H and O–H groups in total. The second-order valence-corrected chi connectivity index (χ2v) is 5.31. The van der Waals surface area contributed by atoms with Gasteiger partial charge < -0.3 is 5.11 Å². The van der Waals surface area contributed by atoms with Crippen molar-refractivity contribution < 1.29 is 18.3 Å². The average Bonchev–Trinajstić information content (AvgIpc) is 2.42. The van der Waals surface area contributed by atoms with E-state index in [1.807, 2.05) is 6.92 Å². The lowest BCUT2D eigenvalue weighted by atomic mass is 9.98. The zero-order chi connectivity index (χ0) is 15.7. The van der Waals surface area contributed by atoms with Crippen LogP contribution in [0.1, 0.15) is 18.9 Å². The number of phenols is 1. The molecule has 0 fully saturated rings. The molecule has 0 spiro atoms. The van der Waals surface area contributed by atoms with Gasteiger partial charge in [0.25, 0.3) is 0 Å². The van der Waals surface area contributed by atoms with Crippen LogP contribution in [0.3, 0.4) is 0 Å². The second kappa shape index (κ2) is 6.16. The molecule has 0 aliphatic heterocycles. The third-order valence-corrected chi connectivity index (χ3v) is 3.79. The number of aromatic hydroxyl groups is 1. The third-order valence-electron chi connectivity index (χ3n) is 3.05. The molecule has 0 aromatic heterocycles. The van der Waals surface area contributed by atoms with E-state index in [1.165, 1.54) is 6.07 Å². The summed E-state index contributed by atoms with van der Waals surface area (Å²) >= 11 is 11.6. The van der Waals surface area contributed by atoms with Crippen molar-refractivity contribution in [3.63, 3.8) is 0 Å². The fourth-order valence-electron chi connectivity index (χ4n) is 2.12. The minimum absolute atomic E-state index is 0.133. The number of halogens is 5. The SMILES string of the molecule is CCCc1cc(F)cc(-c2c(Cl)c(F)cc(F)c2Cl)c1O. The Bertz CT molecular complexity index is 676. The van der Waals surface area contributed by atoms with Crippen LogP contribution >= 0.6 is 23.2 Å². The number of hydrogen-bond donors (Lipinski definition) is 1. The van der Waals surface area contributed by atoms with Crippen LogP contribution in [-0.4, -0.2) is 5.11 Å². The van der Waals surface area contributed by atoms with Crippen molar-refractivity contribution in [2.24, 2.45) is 0 Å². The highest BCUT2D eigenvalue weighted by Gasteiger charge is 2.22. The summed E-state index contributed by atoms with van der Waals surface area (Å²) in [6, 6.07) is 2.65. The van der Waals surface area contributed by atoms with Gasteiger partial charge in [0, 0.05) is 17.2 Å². The van der Waals surface area contributed by atoms with Crippen LogP contribution in [0.2, 0.25) is 10.0 Å². The molecule has 112 valence electrons. The van der Waals surface area contributed by atoms with E-state index in [0.717, 1.165) is 6.07 Å². The molecule has 0 bridgehead atoms. The van der Waals surface area contributed by atoms with E-state index in [4.69, 9.17) is 23.2 Å². The Kier molecular flexibility index (Phi) is 4.69. The van der Waals surface area contributed by atoms with Gasteiger partial charge in [-0.3, -0.25) is 0 Å². The summed E-state index contributed by atoms with van der Waals surface area (Å²) in [6.07, 6.45) is 1.07. The number of hydrogen-bond acceptors (Lipinski definition) is 1. The largest absolute Gasteiger partial charge is 0.507 e. The lowest BCUT2D eigenvalue weighted by Crippen LogP contribution is -1.95. The summed E-state index contributed by atoms with van der Waals surface area (Å²) in [5, 5.41) is 9.26. The molecule has 0 aliphatic carbocycles. The molecule has 2 aromatic carbocycles. The number of rotatable bonds is 3. The number of phenolic OH excluding ortho intramolecular Hbond substituents is 1. The smallest absolute Gasteiger partial charge is 0.145 e. The minimum atomic E-state index is -1.03. The van der Waals surface area contributed by atoms with Crippen molar-refractivity contribution in [2.45, 2.75) is 19.8 Å². The van der Waals surface area contributed by atoms with Gasteiger partial charge in [-0.25, -0.2) is 13.2 Å². The first kappa shape index (κ1) is 16.0. The molecule has 21 heavy (non-hydrogen) atoms. The first-order valence-electron chi connectivity index (χ1n) is 6.21. The highest BCUT2D eigenvalue weighted by atomic mass is 35.5. The quantitative estimate of drug-likeness (QED) is 0.710. The van der Waals surface area contributed by atoms with Crippen molar-refractivity contribution in [3.8, 4) is 16.9 Å². The Hall–Kier alpha value is -1.39. The van der Waals surface area contributed by atoms with E-state index < -0.39 is 27.5 Å². The fourth-order valence-corrected chi connectivity index (χ4v) is 2.67. The Morgan fingerprint density at radius 1 is 1.00 bits per heavy atom. The van der Waals surface area contributed by atoms with Gasteiger partial charge in [0.15, 0.2) is 0 Å². The molecule has 0 unspecified atom stereocenters. The van der Waals surface area contributed by atoms with Crippen molar-refractivity contribution in [1.29, 1.82) is 0 Å². The summed E-state index contributed by atoms with van der Waals surface area (Å²) < 4.78 is 40.9.